The third-order valence-corrected chi connectivity index (χ3v) is 3.15. The largest absolute Gasteiger partial charge is 0.383 e. The van der Waals surface area contributed by atoms with E-state index in [0.717, 1.165) is 28.9 Å². The monoisotopic (exact) mass is 253 g/mol. The van der Waals surface area contributed by atoms with E-state index in [-0.39, 0.29) is 0 Å². The molecule has 0 aliphatic heterocycles. The zero-order valence-electron chi connectivity index (χ0n) is 10.7. The SMILES string of the molecule is CCc1c(-c2cn[nH]c2)nn(-c2ccccc2)c1N. The van der Waals surface area contributed by atoms with E-state index in [0.29, 0.717) is 5.82 Å². The smallest absolute Gasteiger partial charge is 0.131 e. The molecule has 0 fully saturated rings. The van der Waals surface area contributed by atoms with Crippen molar-refractivity contribution in [2.24, 2.45) is 0 Å². The molecule has 0 aliphatic carbocycles. The Labute approximate surface area is 111 Å². The van der Waals surface area contributed by atoms with E-state index < -0.39 is 0 Å². The summed E-state index contributed by atoms with van der Waals surface area (Å²) in [5.74, 6) is 0.685. The Kier molecular flexibility index (Phi) is 2.79. The number of nitrogens with zero attached hydrogens (tertiary/aromatic N) is 3. The first-order chi connectivity index (χ1) is 9.31. The molecule has 3 N–H and O–H groups in total. The number of para-hydroxylation sites is 1. The fraction of sp³-hybridized carbons (Fsp3) is 0.143. The average molecular weight is 253 g/mol. The number of nitrogens with one attached hydrogen (secondary N) is 1. The van der Waals surface area contributed by atoms with E-state index in [4.69, 9.17) is 5.73 Å². The molecule has 0 aliphatic rings. The van der Waals surface area contributed by atoms with Crippen molar-refractivity contribution in [2.45, 2.75) is 13.3 Å². The predicted octanol–water partition coefficient (Wildman–Crippen LogP) is 2.41. The van der Waals surface area contributed by atoms with Crippen LogP contribution >= 0.6 is 0 Å². The van der Waals surface area contributed by atoms with Crippen molar-refractivity contribution < 1.29 is 0 Å². The predicted molar refractivity (Wildman–Crippen MR) is 74.9 cm³/mol. The van der Waals surface area contributed by atoms with Gasteiger partial charge in [0, 0.05) is 17.3 Å². The Morgan fingerprint density at radius 2 is 2.05 bits per heavy atom. The van der Waals surface area contributed by atoms with Crippen molar-refractivity contribution in [1.82, 2.24) is 20.0 Å². The average Bonchev–Trinajstić information content (AvgIpc) is 3.07. The molecule has 0 radical (unpaired) electrons. The summed E-state index contributed by atoms with van der Waals surface area (Å²) in [6.45, 7) is 2.08. The maximum atomic E-state index is 6.22. The van der Waals surface area contributed by atoms with Crippen LogP contribution in [0.5, 0.6) is 0 Å². The molecule has 19 heavy (non-hydrogen) atoms. The molecule has 2 aromatic heterocycles. The van der Waals surface area contributed by atoms with Crippen molar-refractivity contribution >= 4 is 5.82 Å². The first-order valence-corrected chi connectivity index (χ1v) is 6.23. The lowest BCUT2D eigenvalue weighted by molar-refractivity contribution is 0.895. The zero-order chi connectivity index (χ0) is 13.2. The Balaban J connectivity index is 2.18. The van der Waals surface area contributed by atoms with Gasteiger partial charge in [-0.1, -0.05) is 25.1 Å². The standard InChI is InChI=1S/C14H15N5/c1-2-12-13(10-8-16-17-9-10)18-19(14(12)15)11-6-4-3-5-7-11/h3-9H,2,15H2,1H3,(H,16,17). The first kappa shape index (κ1) is 11.5. The summed E-state index contributed by atoms with van der Waals surface area (Å²) in [6.07, 6.45) is 4.42. The van der Waals surface area contributed by atoms with Crippen LogP contribution in [0.15, 0.2) is 42.7 Å². The van der Waals surface area contributed by atoms with Crippen molar-refractivity contribution in [3.63, 3.8) is 0 Å². The zero-order valence-corrected chi connectivity index (χ0v) is 10.7. The van der Waals surface area contributed by atoms with Gasteiger partial charge in [0.05, 0.1) is 11.9 Å². The molecule has 0 amide bonds. The molecule has 2 heterocycles. The number of anilines is 1. The Morgan fingerprint density at radius 1 is 1.26 bits per heavy atom. The van der Waals surface area contributed by atoms with Gasteiger partial charge in [0.15, 0.2) is 0 Å². The highest BCUT2D eigenvalue weighted by molar-refractivity contribution is 5.68. The second-order valence-corrected chi connectivity index (χ2v) is 4.30. The highest BCUT2D eigenvalue weighted by Gasteiger charge is 2.16. The molecule has 5 nitrogen and oxygen atoms in total. The number of nitrogens with two attached hydrogens (primary N) is 1. The van der Waals surface area contributed by atoms with Gasteiger partial charge in [-0.25, -0.2) is 4.68 Å². The summed E-state index contributed by atoms with van der Waals surface area (Å²) in [5.41, 5.74) is 10.1. The van der Waals surface area contributed by atoms with Gasteiger partial charge in [0.25, 0.3) is 0 Å². The second-order valence-electron chi connectivity index (χ2n) is 4.30. The number of hydrogen-bond donors (Lipinski definition) is 2. The molecular weight excluding hydrogens is 238 g/mol. The fourth-order valence-corrected chi connectivity index (χ4v) is 2.19. The third-order valence-electron chi connectivity index (χ3n) is 3.15. The number of H-pyrrole nitrogens is 1. The summed E-state index contributed by atoms with van der Waals surface area (Å²) in [4.78, 5) is 0. The van der Waals surface area contributed by atoms with Crippen LogP contribution in [-0.2, 0) is 6.42 Å². The van der Waals surface area contributed by atoms with Crippen LogP contribution < -0.4 is 5.73 Å². The molecule has 0 saturated heterocycles. The minimum absolute atomic E-state index is 0.685. The Morgan fingerprint density at radius 3 is 2.68 bits per heavy atom. The molecule has 0 spiro atoms. The van der Waals surface area contributed by atoms with Crippen LogP contribution in [0.4, 0.5) is 5.82 Å². The lowest BCUT2D eigenvalue weighted by Crippen LogP contribution is -2.02. The minimum Gasteiger partial charge on any atom is -0.383 e. The van der Waals surface area contributed by atoms with E-state index in [9.17, 15) is 0 Å². The van der Waals surface area contributed by atoms with Crippen LogP contribution in [0.25, 0.3) is 16.9 Å². The molecule has 1 aromatic carbocycles. The van der Waals surface area contributed by atoms with E-state index in [1.54, 1.807) is 10.9 Å². The molecule has 0 unspecified atom stereocenters. The number of nitrogen functional groups attached to an aromatic ring is 1. The topological polar surface area (TPSA) is 72.5 Å². The summed E-state index contributed by atoms with van der Waals surface area (Å²) in [5, 5.41) is 11.4. The van der Waals surface area contributed by atoms with Gasteiger partial charge in [-0.3, -0.25) is 5.10 Å². The van der Waals surface area contributed by atoms with E-state index in [1.165, 1.54) is 0 Å². The lowest BCUT2D eigenvalue weighted by Gasteiger charge is -2.03. The number of aromatic nitrogens is 4. The van der Waals surface area contributed by atoms with Gasteiger partial charge >= 0.3 is 0 Å². The van der Waals surface area contributed by atoms with Gasteiger partial charge in [-0.05, 0) is 18.6 Å². The number of rotatable bonds is 3. The van der Waals surface area contributed by atoms with Gasteiger partial charge in [0.2, 0.25) is 0 Å². The van der Waals surface area contributed by atoms with Crippen LogP contribution in [0, 0.1) is 0 Å². The van der Waals surface area contributed by atoms with Crippen molar-refractivity contribution in [2.75, 3.05) is 5.73 Å². The molecule has 0 saturated carbocycles. The van der Waals surface area contributed by atoms with E-state index in [2.05, 4.69) is 22.2 Å². The summed E-state index contributed by atoms with van der Waals surface area (Å²) >= 11 is 0. The Hall–Kier alpha value is -2.56. The molecular formula is C14H15N5. The van der Waals surface area contributed by atoms with Gasteiger partial charge in [0.1, 0.15) is 11.5 Å². The minimum atomic E-state index is 0.685. The summed E-state index contributed by atoms with van der Waals surface area (Å²) in [7, 11) is 0. The molecule has 3 rings (SSSR count). The van der Waals surface area contributed by atoms with Gasteiger partial charge in [-0.15, -0.1) is 0 Å². The van der Waals surface area contributed by atoms with Crippen LogP contribution in [0.2, 0.25) is 0 Å². The maximum Gasteiger partial charge on any atom is 0.131 e. The Bertz CT molecular complexity index is 667. The van der Waals surface area contributed by atoms with Gasteiger partial charge < -0.3 is 5.73 Å². The molecule has 96 valence electrons. The lowest BCUT2D eigenvalue weighted by atomic mass is 10.1. The van der Waals surface area contributed by atoms with Crippen LogP contribution in [0.1, 0.15) is 12.5 Å². The first-order valence-electron chi connectivity index (χ1n) is 6.23. The summed E-state index contributed by atoms with van der Waals surface area (Å²) < 4.78 is 1.78. The molecule has 5 heteroatoms. The number of hydrogen-bond acceptors (Lipinski definition) is 3. The number of aromatic amines is 1. The van der Waals surface area contributed by atoms with E-state index in [1.807, 2.05) is 36.5 Å². The van der Waals surface area contributed by atoms with Crippen molar-refractivity contribution in [3.8, 4) is 16.9 Å². The number of benzene rings is 1. The van der Waals surface area contributed by atoms with Gasteiger partial charge in [-0.2, -0.15) is 10.2 Å². The maximum absolute atomic E-state index is 6.22. The van der Waals surface area contributed by atoms with Crippen LogP contribution in [-0.4, -0.2) is 20.0 Å². The summed E-state index contributed by atoms with van der Waals surface area (Å²) in [6, 6.07) is 9.89. The third kappa shape index (κ3) is 1.89. The normalized spacial score (nSPS) is 10.8. The highest BCUT2D eigenvalue weighted by Crippen LogP contribution is 2.28. The molecule has 0 atom stereocenters. The molecule has 0 bridgehead atoms. The van der Waals surface area contributed by atoms with Crippen molar-refractivity contribution in [3.05, 3.63) is 48.3 Å². The highest BCUT2D eigenvalue weighted by atomic mass is 15.3. The quantitative estimate of drug-likeness (QED) is 0.752. The second kappa shape index (κ2) is 4.61. The molecule has 3 aromatic rings. The fourth-order valence-electron chi connectivity index (χ4n) is 2.19. The van der Waals surface area contributed by atoms with E-state index >= 15 is 0 Å². The van der Waals surface area contributed by atoms with Crippen LogP contribution in [0.3, 0.4) is 0 Å². The van der Waals surface area contributed by atoms with Crippen molar-refractivity contribution in [1.29, 1.82) is 0 Å².